The van der Waals surface area contributed by atoms with Gasteiger partial charge < -0.3 is 4.74 Å². The summed E-state index contributed by atoms with van der Waals surface area (Å²) in [5, 5.41) is 26.1. The van der Waals surface area contributed by atoms with Crippen LogP contribution in [0.15, 0.2) is 46.6 Å². The van der Waals surface area contributed by atoms with Gasteiger partial charge >= 0.3 is 11.7 Å². The van der Waals surface area contributed by atoms with Gasteiger partial charge in [-0.05, 0) is 51.2 Å². The molecule has 1 aromatic carbocycles. The quantitative estimate of drug-likeness (QED) is 0.171. The van der Waals surface area contributed by atoms with E-state index < -0.39 is 27.2 Å². The van der Waals surface area contributed by atoms with E-state index in [2.05, 4.69) is 28.4 Å². The van der Waals surface area contributed by atoms with Crippen LogP contribution in [-0.2, 0) is 9.53 Å². The van der Waals surface area contributed by atoms with E-state index in [1.165, 1.54) is 19.1 Å². The summed E-state index contributed by atoms with van der Waals surface area (Å²) >= 11 is 0. The van der Waals surface area contributed by atoms with Crippen molar-refractivity contribution < 1.29 is 19.4 Å². The Kier molecular flexibility index (Phi) is 8.45. The molecule has 0 bridgehead atoms. The number of anilines is 1. The van der Waals surface area contributed by atoms with Crippen molar-refractivity contribution in [3.05, 3.63) is 61.7 Å². The Bertz CT molecular complexity index is 1030. The minimum atomic E-state index is -0.758. The number of ether oxygens (including phenoxy) is 1. The molecule has 31 heavy (non-hydrogen) atoms. The van der Waals surface area contributed by atoms with Gasteiger partial charge in [-0.2, -0.15) is 5.10 Å². The number of carbonyl (C=O) groups excluding carboxylic acids is 1. The lowest BCUT2D eigenvalue weighted by Crippen LogP contribution is -2.15. The van der Waals surface area contributed by atoms with Crippen LogP contribution < -0.4 is 5.43 Å². The fraction of sp³-hybridized carbons (Fsp3) is 0.333. The molecule has 10 nitrogen and oxygen atoms in total. The van der Waals surface area contributed by atoms with Gasteiger partial charge in [0, 0.05) is 12.1 Å². The van der Waals surface area contributed by atoms with Crippen LogP contribution in [0.2, 0.25) is 0 Å². The number of nitro groups is 2. The van der Waals surface area contributed by atoms with Gasteiger partial charge in [0.05, 0.1) is 33.8 Å². The van der Waals surface area contributed by atoms with Gasteiger partial charge in [-0.3, -0.25) is 25.7 Å². The number of hydrazone groups is 1. The highest BCUT2D eigenvalue weighted by Crippen LogP contribution is 2.29. The molecule has 0 atom stereocenters. The minimum absolute atomic E-state index is 0.0587. The van der Waals surface area contributed by atoms with Gasteiger partial charge in [0.1, 0.15) is 5.69 Å². The number of benzene rings is 1. The van der Waals surface area contributed by atoms with E-state index in [0.717, 1.165) is 43.4 Å². The summed E-state index contributed by atoms with van der Waals surface area (Å²) in [6, 6.07) is 3.13. The van der Waals surface area contributed by atoms with Crippen LogP contribution in [0.1, 0.15) is 39.5 Å². The van der Waals surface area contributed by atoms with Crippen molar-refractivity contribution in [2.75, 3.05) is 12.0 Å². The van der Waals surface area contributed by atoms with Crippen molar-refractivity contribution in [2.24, 2.45) is 5.10 Å². The van der Waals surface area contributed by atoms with Crippen LogP contribution in [0.4, 0.5) is 17.1 Å². The van der Waals surface area contributed by atoms with E-state index in [1.54, 1.807) is 6.92 Å². The van der Waals surface area contributed by atoms with Crippen molar-refractivity contribution in [1.82, 2.24) is 0 Å². The van der Waals surface area contributed by atoms with Gasteiger partial charge in [0.2, 0.25) is 0 Å². The summed E-state index contributed by atoms with van der Waals surface area (Å²) in [4.78, 5) is 32.9. The predicted octanol–water partition coefficient (Wildman–Crippen LogP) is 4.28. The van der Waals surface area contributed by atoms with Gasteiger partial charge in [-0.25, -0.2) is 4.79 Å². The molecule has 0 saturated heterocycles. The average molecular weight is 426 g/mol. The van der Waals surface area contributed by atoms with Crippen LogP contribution in [0.5, 0.6) is 0 Å². The first-order chi connectivity index (χ1) is 14.8. The highest BCUT2D eigenvalue weighted by molar-refractivity contribution is 6.19. The van der Waals surface area contributed by atoms with E-state index in [1.807, 2.05) is 0 Å². The van der Waals surface area contributed by atoms with Crippen LogP contribution in [-0.4, -0.2) is 28.1 Å². The SMILES string of the molecule is CCOC(=O)C(=C\C#CC1=CCCCC1)/C(C)=N\Nc1ccc([N+](=O)[O-])cc1[N+](=O)[O-]. The second kappa shape index (κ2) is 11.3. The standard InChI is InChI=1S/C21H22N4O6/c1-3-31-21(26)18(11-7-10-16-8-5-4-6-9-16)15(2)22-23-19-13-12-17(24(27)28)14-20(19)25(29)30/h8,11-14,23H,3-6,9H2,1-2H3/b18-11-,22-15-. The molecular weight excluding hydrogens is 404 g/mol. The first kappa shape index (κ1) is 23.3. The van der Waals surface area contributed by atoms with Crippen LogP contribution in [0.25, 0.3) is 0 Å². The number of carbonyl (C=O) groups is 1. The average Bonchev–Trinajstić information content (AvgIpc) is 2.75. The molecule has 1 aliphatic rings. The molecule has 0 unspecified atom stereocenters. The highest BCUT2D eigenvalue weighted by atomic mass is 16.6. The molecule has 0 heterocycles. The Labute approximate surface area is 179 Å². The third-order valence-electron chi connectivity index (χ3n) is 4.36. The molecule has 1 aromatic rings. The molecular formula is C21H22N4O6. The van der Waals surface area contributed by atoms with E-state index in [4.69, 9.17) is 4.74 Å². The maximum absolute atomic E-state index is 12.3. The van der Waals surface area contributed by atoms with Gasteiger partial charge in [-0.15, -0.1) is 0 Å². The third-order valence-corrected chi connectivity index (χ3v) is 4.36. The molecule has 0 aromatic heterocycles. The summed E-state index contributed by atoms with van der Waals surface area (Å²) < 4.78 is 5.04. The maximum atomic E-state index is 12.3. The Balaban J connectivity index is 2.31. The van der Waals surface area contributed by atoms with Gasteiger partial charge in [0.25, 0.3) is 5.69 Å². The molecule has 10 heteroatoms. The number of non-ortho nitro benzene ring substituents is 1. The van der Waals surface area contributed by atoms with E-state index in [-0.39, 0.29) is 23.6 Å². The normalized spacial score (nSPS) is 14.1. The number of esters is 1. The smallest absolute Gasteiger partial charge is 0.340 e. The van der Waals surface area contributed by atoms with E-state index in [0.29, 0.717) is 0 Å². The number of rotatable bonds is 7. The predicted molar refractivity (Wildman–Crippen MR) is 116 cm³/mol. The number of hydrogen-bond acceptors (Lipinski definition) is 8. The van der Waals surface area contributed by atoms with E-state index >= 15 is 0 Å². The van der Waals surface area contributed by atoms with Gasteiger partial charge in [-0.1, -0.05) is 17.9 Å². The second-order valence-electron chi connectivity index (χ2n) is 6.55. The molecule has 1 aliphatic carbocycles. The Morgan fingerprint density at radius 2 is 2.06 bits per heavy atom. The van der Waals surface area contributed by atoms with Crippen molar-refractivity contribution in [3.8, 4) is 11.8 Å². The van der Waals surface area contributed by atoms with Crippen LogP contribution >= 0.6 is 0 Å². The molecule has 162 valence electrons. The maximum Gasteiger partial charge on any atom is 0.340 e. The Morgan fingerprint density at radius 3 is 2.68 bits per heavy atom. The largest absolute Gasteiger partial charge is 0.462 e. The van der Waals surface area contributed by atoms with Crippen molar-refractivity contribution in [2.45, 2.75) is 39.5 Å². The first-order valence-corrected chi connectivity index (χ1v) is 9.64. The summed E-state index contributed by atoms with van der Waals surface area (Å²) in [5.74, 6) is 5.24. The first-order valence-electron chi connectivity index (χ1n) is 9.64. The number of nitro benzene ring substituents is 2. The highest BCUT2D eigenvalue weighted by Gasteiger charge is 2.20. The summed E-state index contributed by atoms with van der Waals surface area (Å²) in [6.45, 7) is 3.34. The van der Waals surface area contributed by atoms with Gasteiger partial charge in [0.15, 0.2) is 0 Å². The number of nitrogens with zero attached hydrogens (tertiary/aromatic N) is 3. The molecule has 0 aliphatic heterocycles. The number of hydrogen-bond donors (Lipinski definition) is 1. The lowest BCUT2D eigenvalue weighted by molar-refractivity contribution is -0.393. The molecule has 0 spiro atoms. The van der Waals surface area contributed by atoms with Crippen molar-refractivity contribution >= 4 is 28.7 Å². The molecule has 0 saturated carbocycles. The summed E-state index contributed by atoms with van der Waals surface area (Å²) in [7, 11) is 0. The molecule has 0 amide bonds. The molecule has 0 fully saturated rings. The zero-order valence-corrected chi connectivity index (χ0v) is 17.2. The van der Waals surface area contributed by atoms with Crippen molar-refractivity contribution in [1.29, 1.82) is 0 Å². The Hall–Kier alpha value is -4.00. The summed E-state index contributed by atoms with van der Waals surface area (Å²) in [5.41, 5.74) is 2.80. The van der Waals surface area contributed by atoms with Crippen LogP contribution in [0.3, 0.4) is 0 Å². The fourth-order valence-corrected chi connectivity index (χ4v) is 2.76. The summed E-state index contributed by atoms with van der Waals surface area (Å²) in [6.07, 6.45) is 7.57. The lowest BCUT2D eigenvalue weighted by atomic mass is 10.00. The molecule has 0 radical (unpaired) electrons. The van der Waals surface area contributed by atoms with Crippen molar-refractivity contribution in [3.63, 3.8) is 0 Å². The van der Waals surface area contributed by atoms with E-state index in [9.17, 15) is 25.0 Å². The molecule has 1 N–H and O–H groups in total. The Morgan fingerprint density at radius 1 is 1.29 bits per heavy atom. The number of allylic oxidation sites excluding steroid dienone is 3. The van der Waals surface area contributed by atoms with Crippen LogP contribution in [0, 0.1) is 32.1 Å². The second-order valence-corrected chi connectivity index (χ2v) is 6.55. The molecule has 2 rings (SSSR count). The zero-order valence-electron chi connectivity index (χ0n) is 17.2. The zero-order chi connectivity index (χ0) is 22.8. The lowest BCUT2D eigenvalue weighted by Gasteiger charge is -2.07. The third kappa shape index (κ3) is 6.78. The topological polar surface area (TPSA) is 137 Å². The number of nitrogens with one attached hydrogen (secondary N) is 1. The fourth-order valence-electron chi connectivity index (χ4n) is 2.76. The minimum Gasteiger partial charge on any atom is -0.462 e. The monoisotopic (exact) mass is 426 g/mol.